The van der Waals surface area contributed by atoms with Gasteiger partial charge in [0.2, 0.25) is 5.91 Å². The third-order valence-corrected chi connectivity index (χ3v) is 5.34. The number of hydrogen-bond donors (Lipinski definition) is 1. The van der Waals surface area contributed by atoms with Crippen molar-refractivity contribution in [3.05, 3.63) is 71.3 Å². The van der Waals surface area contributed by atoms with Crippen LogP contribution < -0.4 is 10.2 Å². The summed E-state index contributed by atoms with van der Waals surface area (Å²) >= 11 is 0. The number of fused-ring (bicyclic) bond motifs is 1. The van der Waals surface area contributed by atoms with Gasteiger partial charge in [0.25, 0.3) is 0 Å². The molecular weight excluding hydrogens is 348 g/mol. The Morgan fingerprint density at radius 1 is 0.964 bits per heavy atom. The molecule has 0 aliphatic carbocycles. The zero-order valence-corrected chi connectivity index (χ0v) is 16.5. The van der Waals surface area contributed by atoms with Gasteiger partial charge in [-0.15, -0.1) is 0 Å². The molecule has 0 bridgehead atoms. The topological polar surface area (TPSA) is 41.6 Å². The van der Waals surface area contributed by atoms with Crippen LogP contribution in [0.2, 0.25) is 0 Å². The number of aryl methyl sites for hydroxylation is 2. The molecule has 4 nitrogen and oxygen atoms in total. The molecule has 4 rings (SSSR count). The van der Waals surface area contributed by atoms with Crippen molar-refractivity contribution < 1.29 is 9.53 Å². The zero-order chi connectivity index (χ0) is 19.5. The minimum absolute atomic E-state index is 0.0144. The van der Waals surface area contributed by atoms with Crippen molar-refractivity contribution in [2.75, 3.05) is 36.5 Å². The van der Waals surface area contributed by atoms with Gasteiger partial charge in [-0.1, -0.05) is 42.5 Å². The van der Waals surface area contributed by atoms with Gasteiger partial charge in [-0.2, -0.15) is 0 Å². The molecule has 1 aliphatic heterocycles. The van der Waals surface area contributed by atoms with Gasteiger partial charge in [-0.25, -0.2) is 0 Å². The van der Waals surface area contributed by atoms with Crippen molar-refractivity contribution in [3.63, 3.8) is 0 Å². The Bertz CT molecular complexity index is 983. The molecular formula is C24H26N2O2. The Labute approximate surface area is 166 Å². The SMILES string of the molecule is Cc1cc(N2CCOCC2)cc(C)c1NC(=O)Cc1ccc2ccccc2c1. The molecule has 0 saturated carbocycles. The van der Waals surface area contributed by atoms with Crippen LogP contribution in [0.25, 0.3) is 10.8 Å². The standard InChI is InChI=1S/C24H26N2O2/c1-17-13-22(26-9-11-28-12-10-26)14-18(2)24(17)25-23(27)16-19-7-8-20-5-3-4-6-21(20)15-19/h3-8,13-15H,9-12,16H2,1-2H3,(H,25,27). The first-order valence-corrected chi connectivity index (χ1v) is 9.81. The fourth-order valence-corrected chi connectivity index (χ4v) is 3.86. The van der Waals surface area contributed by atoms with Gasteiger partial charge in [0, 0.05) is 24.5 Å². The van der Waals surface area contributed by atoms with E-state index in [1.54, 1.807) is 0 Å². The van der Waals surface area contributed by atoms with Gasteiger partial charge in [0.1, 0.15) is 0 Å². The van der Waals surface area contributed by atoms with Crippen LogP contribution in [0.4, 0.5) is 11.4 Å². The highest BCUT2D eigenvalue weighted by atomic mass is 16.5. The summed E-state index contributed by atoms with van der Waals surface area (Å²) in [5.41, 5.74) is 5.33. The van der Waals surface area contributed by atoms with Crippen LogP contribution in [-0.4, -0.2) is 32.2 Å². The van der Waals surface area contributed by atoms with Gasteiger partial charge in [-0.3, -0.25) is 4.79 Å². The van der Waals surface area contributed by atoms with Crippen LogP contribution in [-0.2, 0) is 16.0 Å². The Balaban J connectivity index is 1.48. The molecule has 1 N–H and O–H groups in total. The molecule has 3 aromatic rings. The highest BCUT2D eigenvalue weighted by Gasteiger charge is 2.15. The smallest absolute Gasteiger partial charge is 0.228 e. The number of hydrogen-bond acceptors (Lipinski definition) is 3. The van der Waals surface area contributed by atoms with E-state index in [4.69, 9.17) is 4.74 Å². The van der Waals surface area contributed by atoms with E-state index in [1.807, 2.05) is 18.2 Å². The number of carbonyl (C=O) groups is 1. The van der Waals surface area contributed by atoms with E-state index in [9.17, 15) is 4.79 Å². The van der Waals surface area contributed by atoms with Crippen LogP contribution in [0.1, 0.15) is 16.7 Å². The minimum Gasteiger partial charge on any atom is -0.378 e. The first kappa shape index (κ1) is 18.5. The lowest BCUT2D eigenvalue weighted by Crippen LogP contribution is -2.36. The van der Waals surface area contributed by atoms with E-state index in [-0.39, 0.29) is 5.91 Å². The van der Waals surface area contributed by atoms with Crippen molar-refractivity contribution in [1.82, 2.24) is 0 Å². The number of anilines is 2. The van der Waals surface area contributed by atoms with E-state index in [0.29, 0.717) is 6.42 Å². The first-order chi connectivity index (χ1) is 13.6. The second-order valence-electron chi connectivity index (χ2n) is 7.46. The third-order valence-electron chi connectivity index (χ3n) is 5.34. The quantitative estimate of drug-likeness (QED) is 0.732. The predicted octanol–water partition coefficient (Wildman–Crippen LogP) is 4.47. The van der Waals surface area contributed by atoms with Crippen LogP contribution >= 0.6 is 0 Å². The summed E-state index contributed by atoms with van der Waals surface area (Å²) in [7, 11) is 0. The number of carbonyl (C=O) groups excluding carboxylic acids is 1. The maximum Gasteiger partial charge on any atom is 0.228 e. The lowest BCUT2D eigenvalue weighted by Gasteiger charge is -2.30. The molecule has 0 radical (unpaired) electrons. The average molecular weight is 374 g/mol. The van der Waals surface area contributed by atoms with E-state index >= 15 is 0 Å². The summed E-state index contributed by atoms with van der Waals surface area (Å²) in [5, 5.41) is 5.48. The highest BCUT2D eigenvalue weighted by Crippen LogP contribution is 2.28. The van der Waals surface area contributed by atoms with Gasteiger partial charge in [0.15, 0.2) is 0 Å². The van der Waals surface area contributed by atoms with Crippen molar-refractivity contribution in [2.24, 2.45) is 0 Å². The molecule has 1 fully saturated rings. The van der Waals surface area contributed by atoms with Crippen LogP contribution in [0.3, 0.4) is 0 Å². The largest absolute Gasteiger partial charge is 0.378 e. The highest BCUT2D eigenvalue weighted by molar-refractivity contribution is 5.95. The van der Waals surface area contributed by atoms with E-state index in [1.165, 1.54) is 11.1 Å². The summed E-state index contributed by atoms with van der Waals surface area (Å²) < 4.78 is 5.44. The molecule has 3 aromatic carbocycles. The van der Waals surface area contributed by atoms with Crippen LogP contribution in [0, 0.1) is 13.8 Å². The number of nitrogens with one attached hydrogen (secondary N) is 1. The van der Waals surface area contributed by atoms with Crippen molar-refractivity contribution >= 4 is 28.1 Å². The lowest BCUT2D eigenvalue weighted by atomic mass is 10.0. The maximum atomic E-state index is 12.7. The third kappa shape index (κ3) is 4.02. The number of amides is 1. The predicted molar refractivity (Wildman–Crippen MR) is 115 cm³/mol. The van der Waals surface area contributed by atoms with Crippen LogP contribution in [0.15, 0.2) is 54.6 Å². The summed E-state index contributed by atoms with van der Waals surface area (Å²) in [4.78, 5) is 15.0. The second kappa shape index (κ2) is 8.03. The van der Waals surface area contributed by atoms with Crippen molar-refractivity contribution in [3.8, 4) is 0 Å². The summed E-state index contributed by atoms with van der Waals surface area (Å²) in [5.74, 6) is 0.0144. The van der Waals surface area contributed by atoms with E-state index in [2.05, 4.69) is 60.5 Å². The minimum atomic E-state index is 0.0144. The molecule has 4 heteroatoms. The summed E-state index contributed by atoms with van der Waals surface area (Å²) in [6.07, 6.45) is 0.370. The lowest BCUT2D eigenvalue weighted by molar-refractivity contribution is -0.115. The van der Waals surface area contributed by atoms with Crippen molar-refractivity contribution in [1.29, 1.82) is 0 Å². The summed E-state index contributed by atoms with van der Waals surface area (Å²) in [6, 6.07) is 18.7. The fraction of sp³-hybridized carbons (Fsp3) is 0.292. The molecule has 1 heterocycles. The molecule has 0 atom stereocenters. The van der Waals surface area contributed by atoms with Gasteiger partial charge >= 0.3 is 0 Å². The zero-order valence-electron chi connectivity index (χ0n) is 16.5. The van der Waals surface area contributed by atoms with Crippen LogP contribution in [0.5, 0.6) is 0 Å². The number of benzene rings is 3. The molecule has 1 saturated heterocycles. The normalized spacial score (nSPS) is 14.3. The second-order valence-corrected chi connectivity index (χ2v) is 7.46. The number of morpholine rings is 1. The first-order valence-electron chi connectivity index (χ1n) is 9.81. The van der Waals surface area contributed by atoms with Gasteiger partial charge in [-0.05, 0) is 53.4 Å². The molecule has 28 heavy (non-hydrogen) atoms. The number of nitrogens with zero attached hydrogens (tertiary/aromatic N) is 1. The number of ether oxygens (including phenoxy) is 1. The molecule has 1 amide bonds. The molecule has 144 valence electrons. The summed E-state index contributed by atoms with van der Waals surface area (Å²) in [6.45, 7) is 7.47. The van der Waals surface area contributed by atoms with Gasteiger partial charge < -0.3 is 15.0 Å². The monoisotopic (exact) mass is 374 g/mol. The Morgan fingerprint density at radius 3 is 2.36 bits per heavy atom. The molecule has 1 aliphatic rings. The molecule has 0 spiro atoms. The van der Waals surface area contributed by atoms with Crippen molar-refractivity contribution in [2.45, 2.75) is 20.3 Å². The molecule has 0 aromatic heterocycles. The van der Waals surface area contributed by atoms with E-state index < -0.39 is 0 Å². The van der Waals surface area contributed by atoms with Gasteiger partial charge in [0.05, 0.1) is 19.6 Å². The average Bonchev–Trinajstić information content (AvgIpc) is 2.71. The fourth-order valence-electron chi connectivity index (χ4n) is 3.86. The Kier molecular flexibility index (Phi) is 5.31. The van der Waals surface area contributed by atoms with E-state index in [0.717, 1.165) is 54.1 Å². The maximum absolute atomic E-state index is 12.7. The number of rotatable bonds is 4. The Morgan fingerprint density at radius 2 is 1.64 bits per heavy atom. The molecule has 0 unspecified atom stereocenters. The Hall–Kier alpha value is -2.85.